The molecule has 1 heterocycles. The first-order valence-electron chi connectivity index (χ1n) is 4.51. The van der Waals surface area contributed by atoms with Crippen LogP contribution < -0.4 is 5.32 Å². The third kappa shape index (κ3) is 1.25. The van der Waals surface area contributed by atoms with E-state index in [2.05, 4.69) is 5.32 Å². The highest BCUT2D eigenvalue weighted by atomic mass is 19.1. The Labute approximate surface area is 73.2 Å². The summed E-state index contributed by atoms with van der Waals surface area (Å²) in [6, 6.07) is 0. The molecular formula is C9H18FNO. The zero-order chi connectivity index (χ0) is 9.35. The van der Waals surface area contributed by atoms with Gasteiger partial charge >= 0.3 is 0 Å². The van der Waals surface area contributed by atoms with Gasteiger partial charge in [0.05, 0.1) is 0 Å². The lowest BCUT2D eigenvalue weighted by Crippen LogP contribution is -2.40. The lowest BCUT2D eigenvalue weighted by Gasteiger charge is -2.35. The van der Waals surface area contributed by atoms with Crippen LogP contribution >= 0.6 is 0 Å². The van der Waals surface area contributed by atoms with Gasteiger partial charge < -0.3 is 5.11 Å². The Morgan fingerprint density at radius 2 is 2.33 bits per heavy atom. The van der Waals surface area contributed by atoms with E-state index in [4.69, 9.17) is 5.11 Å². The molecule has 1 aliphatic rings. The average molecular weight is 175 g/mol. The second-order valence-corrected chi connectivity index (χ2v) is 4.12. The molecule has 0 aliphatic carbocycles. The Morgan fingerprint density at radius 3 is 2.67 bits per heavy atom. The van der Waals surface area contributed by atoms with Crippen LogP contribution in [-0.2, 0) is 0 Å². The molecule has 1 fully saturated rings. The number of hydrogen-bond acceptors (Lipinski definition) is 2. The van der Waals surface area contributed by atoms with Crippen molar-refractivity contribution in [2.75, 3.05) is 13.2 Å². The van der Waals surface area contributed by atoms with E-state index in [-0.39, 0.29) is 18.4 Å². The average Bonchev–Trinajstić information content (AvgIpc) is 2.32. The highest BCUT2D eigenvalue weighted by molar-refractivity contribution is 4.96. The molecule has 0 bridgehead atoms. The number of rotatable bonds is 2. The molecule has 0 aromatic carbocycles. The van der Waals surface area contributed by atoms with Gasteiger partial charge in [-0.05, 0) is 11.8 Å². The smallest absolute Gasteiger partial charge is 0.157 e. The summed E-state index contributed by atoms with van der Waals surface area (Å²) in [5.74, 6) is 0.298. The predicted octanol–water partition coefficient (Wildman–Crippen LogP) is 1.16. The number of nitrogens with one attached hydrogen (secondary N) is 1. The molecule has 2 N–H and O–H groups in total. The van der Waals surface area contributed by atoms with Crippen LogP contribution in [0.15, 0.2) is 0 Å². The van der Waals surface area contributed by atoms with Gasteiger partial charge in [-0.1, -0.05) is 20.8 Å². The van der Waals surface area contributed by atoms with Gasteiger partial charge in [0.1, 0.15) is 0 Å². The molecule has 1 aliphatic heterocycles. The van der Waals surface area contributed by atoms with Crippen molar-refractivity contribution in [2.24, 2.45) is 17.3 Å². The number of hydrogen-bond donors (Lipinski definition) is 2. The molecule has 3 heteroatoms. The van der Waals surface area contributed by atoms with Crippen molar-refractivity contribution in [1.29, 1.82) is 0 Å². The Hall–Kier alpha value is -0.150. The van der Waals surface area contributed by atoms with E-state index >= 15 is 0 Å². The summed E-state index contributed by atoms with van der Waals surface area (Å²) in [6.45, 7) is 6.60. The van der Waals surface area contributed by atoms with E-state index in [0.717, 1.165) is 0 Å². The van der Waals surface area contributed by atoms with Gasteiger partial charge in [-0.25, -0.2) is 4.39 Å². The Morgan fingerprint density at radius 1 is 1.75 bits per heavy atom. The van der Waals surface area contributed by atoms with Gasteiger partial charge in [-0.2, -0.15) is 0 Å². The minimum Gasteiger partial charge on any atom is -0.396 e. The summed E-state index contributed by atoms with van der Waals surface area (Å²) in [5, 5.41) is 11.8. The van der Waals surface area contributed by atoms with Gasteiger partial charge in [-0.15, -0.1) is 0 Å². The maximum absolute atomic E-state index is 13.4. The van der Waals surface area contributed by atoms with Crippen LogP contribution in [0.5, 0.6) is 0 Å². The van der Waals surface area contributed by atoms with Gasteiger partial charge in [0.2, 0.25) is 0 Å². The number of aliphatic hydroxyl groups excluding tert-OH is 1. The highest BCUT2D eigenvalue weighted by Crippen LogP contribution is 2.42. The molecule has 0 aromatic rings. The summed E-state index contributed by atoms with van der Waals surface area (Å²) in [7, 11) is 0. The topological polar surface area (TPSA) is 32.3 Å². The maximum Gasteiger partial charge on any atom is 0.157 e. The molecule has 0 aromatic heterocycles. The van der Waals surface area contributed by atoms with Gasteiger partial charge in [0.25, 0.3) is 0 Å². The van der Waals surface area contributed by atoms with Gasteiger partial charge in [-0.3, -0.25) is 5.32 Å². The van der Waals surface area contributed by atoms with E-state index in [9.17, 15) is 4.39 Å². The third-order valence-corrected chi connectivity index (χ3v) is 3.55. The lowest BCUT2D eigenvalue weighted by molar-refractivity contribution is 0.0209. The fourth-order valence-corrected chi connectivity index (χ4v) is 1.90. The van der Waals surface area contributed by atoms with Crippen LogP contribution in [0, 0.1) is 17.3 Å². The summed E-state index contributed by atoms with van der Waals surface area (Å²) < 4.78 is 13.4. The first-order chi connectivity index (χ1) is 5.53. The van der Waals surface area contributed by atoms with Gasteiger partial charge in [0, 0.05) is 18.6 Å². The van der Waals surface area contributed by atoms with Crippen LogP contribution in [0.2, 0.25) is 0 Å². The summed E-state index contributed by atoms with van der Waals surface area (Å²) in [4.78, 5) is 0. The second-order valence-electron chi connectivity index (χ2n) is 4.12. The van der Waals surface area contributed by atoms with Gasteiger partial charge in [0.15, 0.2) is 6.30 Å². The molecule has 1 saturated heterocycles. The molecule has 2 unspecified atom stereocenters. The molecule has 0 radical (unpaired) electrons. The molecule has 0 saturated carbocycles. The predicted molar refractivity (Wildman–Crippen MR) is 46.4 cm³/mol. The minimum atomic E-state index is -0.977. The van der Waals surface area contributed by atoms with Crippen molar-refractivity contribution in [2.45, 2.75) is 27.1 Å². The Balaban J connectivity index is 2.78. The van der Waals surface area contributed by atoms with Crippen LogP contribution in [0.3, 0.4) is 0 Å². The first kappa shape index (κ1) is 9.93. The zero-order valence-electron chi connectivity index (χ0n) is 7.97. The second kappa shape index (κ2) is 3.30. The normalized spacial score (nSPS) is 44.8. The molecule has 72 valence electrons. The summed E-state index contributed by atoms with van der Waals surface area (Å²) in [6.07, 6.45) is -0.977. The fraction of sp³-hybridized carbons (Fsp3) is 1.00. The van der Waals surface area contributed by atoms with Crippen molar-refractivity contribution in [1.82, 2.24) is 5.32 Å². The Bertz CT molecular complexity index is 153. The van der Waals surface area contributed by atoms with Crippen LogP contribution in [0.25, 0.3) is 0 Å². The zero-order valence-corrected chi connectivity index (χ0v) is 7.97. The highest BCUT2D eigenvalue weighted by Gasteiger charge is 2.48. The van der Waals surface area contributed by atoms with E-state index in [1.165, 1.54) is 0 Å². The molecule has 0 amide bonds. The largest absolute Gasteiger partial charge is 0.396 e. The molecule has 0 spiro atoms. The minimum absolute atomic E-state index is 0.0116. The van der Waals surface area contributed by atoms with Crippen LogP contribution in [0.4, 0.5) is 4.39 Å². The maximum atomic E-state index is 13.4. The number of alkyl halides is 1. The first-order valence-corrected chi connectivity index (χ1v) is 4.51. The fourth-order valence-electron chi connectivity index (χ4n) is 1.90. The number of halogens is 1. The van der Waals surface area contributed by atoms with Crippen molar-refractivity contribution >= 4 is 0 Å². The Kier molecular flexibility index (Phi) is 2.74. The van der Waals surface area contributed by atoms with E-state index in [1.807, 2.05) is 20.8 Å². The molecule has 2 nitrogen and oxygen atoms in total. The molecule has 12 heavy (non-hydrogen) atoms. The van der Waals surface area contributed by atoms with Crippen LogP contribution in [0.1, 0.15) is 20.8 Å². The third-order valence-electron chi connectivity index (χ3n) is 3.55. The summed E-state index contributed by atoms with van der Waals surface area (Å²) >= 11 is 0. The molecular weight excluding hydrogens is 157 g/mol. The molecule has 1 rings (SSSR count). The monoisotopic (exact) mass is 175 g/mol. The van der Waals surface area contributed by atoms with Crippen molar-refractivity contribution < 1.29 is 9.50 Å². The van der Waals surface area contributed by atoms with E-state index in [1.54, 1.807) is 0 Å². The molecule has 4 atom stereocenters. The van der Waals surface area contributed by atoms with Crippen molar-refractivity contribution in [3.05, 3.63) is 0 Å². The van der Waals surface area contributed by atoms with Crippen molar-refractivity contribution in [3.63, 3.8) is 0 Å². The van der Waals surface area contributed by atoms with E-state index in [0.29, 0.717) is 6.54 Å². The van der Waals surface area contributed by atoms with Crippen LogP contribution in [-0.4, -0.2) is 24.6 Å². The lowest BCUT2D eigenvalue weighted by atomic mass is 9.71. The standard InChI is InChI=1S/C9H18FNO/c1-6-4-11-8(10)9(6,3)7(2)5-12/h6-8,11-12H,4-5H2,1-3H3/t6?,7?,8-,9+/m1/s1. The quantitative estimate of drug-likeness (QED) is 0.617. The van der Waals surface area contributed by atoms with Crippen molar-refractivity contribution in [3.8, 4) is 0 Å². The summed E-state index contributed by atoms with van der Waals surface area (Å²) in [5.41, 5.74) is -0.408. The number of aliphatic hydroxyl groups is 1. The SMILES string of the molecule is CC(CO)[C@]1(C)C(C)CN[C@H]1F. The van der Waals surface area contributed by atoms with E-state index < -0.39 is 11.7 Å².